The molecule has 0 spiro atoms. The lowest BCUT2D eigenvalue weighted by Crippen LogP contribution is -2.68. The molecule has 0 bridgehead atoms. The molecule has 8 nitrogen and oxygen atoms in total. The van der Waals surface area contributed by atoms with Gasteiger partial charge >= 0.3 is 8.60 Å². The number of ether oxygens (including phenoxy) is 4. The zero-order chi connectivity index (χ0) is 39.9. The number of rotatable bonds is 20. The van der Waals surface area contributed by atoms with Gasteiger partial charge in [-0.3, -0.25) is 4.52 Å². The van der Waals surface area contributed by atoms with E-state index in [1.54, 1.807) is 0 Å². The summed E-state index contributed by atoms with van der Waals surface area (Å²) in [4.78, 5) is 0. The van der Waals surface area contributed by atoms with Gasteiger partial charge in [0.2, 0.25) is 0 Å². The molecule has 1 saturated heterocycles. The van der Waals surface area contributed by atoms with Gasteiger partial charge in [0.1, 0.15) is 24.4 Å². The Bertz CT molecular complexity index is 1810. The Balaban J connectivity index is 1.43. The summed E-state index contributed by atoms with van der Waals surface area (Å²) < 4.78 is 54.0. The fourth-order valence-electron chi connectivity index (χ4n) is 7.33. The maximum Gasteiger partial charge on any atom is 0.335 e. The molecule has 0 aromatic heterocycles. The van der Waals surface area contributed by atoms with Crippen LogP contribution in [0.4, 0.5) is 0 Å². The van der Waals surface area contributed by atoms with Crippen molar-refractivity contribution in [3.05, 3.63) is 168 Å². The summed E-state index contributed by atoms with van der Waals surface area (Å²) in [5, 5.41) is 2.08. The average molecular weight is 809 g/mol. The van der Waals surface area contributed by atoms with E-state index >= 15 is 0 Å². The molecule has 10 heteroatoms. The van der Waals surface area contributed by atoms with E-state index in [-0.39, 0.29) is 11.6 Å². The van der Waals surface area contributed by atoms with Crippen LogP contribution in [0.25, 0.3) is 0 Å². The monoisotopic (exact) mass is 808 g/mol. The van der Waals surface area contributed by atoms with Gasteiger partial charge in [0.05, 0.1) is 39.6 Å². The Kier molecular flexibility index (Phi) is 16.2. The third-order valence-corrected chi connectivity index (χ3v) is 16.3. The van der Waals surface area contributed by atoms with Crippen molar-refractivity contribution >= 4 is 27.3 Å². The van der Waals surface area contributed by atoms with Crippen molar-refractivity contribution in [2.24, 2.45) is 0 Å². The summed E-state index contributed by atoms with van der Waals surface area (Å²) in [7, 11) is -4.77. The Labute approximate surface area is 341 Å². The van der Waals surface area contributed by atoms with Crippen LogP contribution in [0.5, 0.6) is 0 Å². The Morgan fingerprint density at radius 1 is 0.526 bits per heavy atom. The first-order valence-electron chi connectivity index (χ1n) is 19.9. The predicted molar refractivity (Wildman–Crippen MR) is 229 cm³/mol. The SMILES string of the molecule is CCOP(OCC)O[C@H]1O[C@H](CO[Si](c2ccccc2)(c2ccccc2)C(C)(C)C)[C@@H](OCc2ccccc2)[C@H](OCc2ccccc2)[C@H]1OCc1ccccc1. The van der Waals surface area contributed by atoms with Crippen molar-refractivity contribution < 1.29 is 36.9 Å². The highest BCUT2D eigenvalue weighted by Gasteiger charge is 2.54. The molecule has 5 aromatic carbocycles. The van der Waals surface area contributed by atoms with Gasteiger partial charge in [0, 0.05) is 0 Å². The van der Waals surface area contributed by atoms with Gasteiger partial charge in [-0.15, -0.1) is 0 Å². The minimum Gasteiger partial charge on any atom is -0.405 e. The minimum absolute atomic E-state index is 0.199. The molecule has 0 N–H and O–H groups in total. The Morgan fingerprint density at radius 3 is 1.32 bits per heavy atom. The maximum absolute atomic E-state index is 7.54. The quantitative estimate of drug-likeness (QED) is 0.0570. The largest absolute Gasteiger partial charge is 0.405 e. The van der Waals surface area contributed by atoms with Crippen LogP contribution >= 0.6 is 8.60 Å². The van der Waals surface area contributed by atoms with Gasteiger partial charge in [-0.1, -0.05) is 172 Å². The second-order valence-electron chi connectivity index (χ2n) is 15.0. The van der Waals surface area contributed by atoms with Crippen LogP contribution in [0, 0.1) is 0 Å². The van der Waals surface area contributed by atoms with Gasteiger partial charge in [-0.2, -0.15) is 0 Å². The topological polar surface area (TPSA) is 73.8 Å². The molecular weight excluding hydrogens is 752 g/mol. The Hall–Kier alpha value is -3.57. The lowest BCUT2D eigenvalue weighted by atomic mass is 9.98. The summed E-state index contributed by atoms with van der Waals surface area (Å²) >= 11 is 0. The summed E-state index contributed by atoms with van der Waals surface area (Å²) in [5.41, 5.74) is 3.06. The molecule has 1 aliphatic rings. The molecule has 0 radical (unpaired) electrons. The second kappa shape index (κ2) is 21.4. The van der Waals surface area contributed by atoms with Crippen molar-refractivity contribution in [2.75, 3.05) is 19.8 Å². The molecule has 5 atom stereocenters. The third-order valence-electron chi connectivity index (χ3n) is 9.99. The molecule has 1 aliphatic heterocycles. The fraction of sp³-hybridized carbons (Fsp3) is 0.362. The first-order chi connectivity index (χ1) is 27.8. The van der Waals surface area contributed by atoms with Crippen LogP contribution in [0.1, 0.15) is 51.3 Å². The molecule has 302 valence electrons. The normalized spacial score (nSPS) is 20.1. The number of hydrogen-bond donors (Lipinski definition) is 0. The molecule has 0 amide bonds. The van der Waals surface area contributed by atoms with Crippen LogP contribution in [0.2, 0.25) is 5.04 Å². The van der Waals surface area contributed by atoms with E-state index in [1.165, 1.54) is 10.4 Å². The minimum atomic E-state index is -2.99. The van der Waals surface area contributed by atoms with Gasteiger partial charge in [0.15, 0.2) is 6.29 Å². The van der Waals surface area contributed by atoms with E-state index in [4.69, 9.17) is 36.9 Å². The van der Waals surface area contributed by atoms with Crippen molar-refractivity contribution in [1.82, 2.24) is 0 Å². The van der Waals surface area contributed by atoms with Gasteiger partial charge in [-0.25, -0.2) is 0 Å². The van der Waals surface area contributed by atoms with Crippen molar-refractivity contribution in [3.63, 3.8) is 0 Å². The molecule has 6 rings (SSSR count). The first kappa shape index (κ1) is 43.0. The van der Waals surface area contributed by atoms with Crippen LogP contribution in [0.15, 0.2) is 152 Å². The standard InChI is InChI=1S/C47H57O8PSi/c1-6-51-56(52-7-2)55-46-45(50-35-39-27-17-10-18-28-39)44(49-34-38-25-15-9-16-26-38)43(48-33-37-23-13-8-14-24-37)42(54-46)36-53-57(47(3,4)5,40-29-19-11-20-30-40)41-31-21-12-22-32-41/h8-32,42-46H,6-7,33-36H2,1-5H3/t42-,43-,44+,45-,46-/m1/s1. The highest BCUT2D eigenvalue weighted by atomic mass is 31.2. The molecular formula is C47H57O8PSi. The molecule has 5 aromatic rings. The van der Waals surface area contributed by atoms with Crippen LogP contribution in [-0.2, 0) is 56.8 Å². The van der Waals surface area contributed by atoms with E-state index < -0.39 is 47.6 Å². The smallest absolute Gasteiger partial charge is 0.335 e. The molecule has 0 aliphatic carbocycles. The Morgan fingerprint density at radius 2 is 0.912 bits per heavy atom. The molecule has 1 fully saturated rings. The lowest BCUT2D eigenvalue weighted by molar-refractivity contribution is -0.308. The van der Waals surface area contributed by atoms with Crippen LogP contribution < -0.4 is 10.4 Å². The van der Waals surface area contributed by atoms with E-state index in [2.05, 4.69) is 106 Å². The van der Waals surface area contributed by atoms with E-state index in [1.807, 2.05) is 80.6 Å². The number of hydrogen-bond acceptors (Lipinski definition) is 8. The number of benzene rings is 5. The van der Waals surface area contributed by atoms with E-state index in [9.17, 15) is 0 Å². The summed E-state index contributed by atoms with van der Waals surface area (Å²) in [5.74, 6) is 0. The molecule has 0 unspecified atom stereocenters. The third kappa shape index (κ3) is 11.3. The molecule has 0 saturated carbocycles. The lowest BCUT2D eigenvalue weighted by Gasteiger charge is -2.48. The zero-order valence-electron chi connectivity index (χ0n) is 33.8. The van der Waals surface area contributed by atoms with Gasteiger partial charge in [-0.05, 0) is 45.9 Å². The van der Waals surface area contributed by atoms with Crippen LogP contribution in [0.3, 0.4) is 0 Å². The van der Waals surface area contributed by atoms with E-state index in [0.29, 0.717) is 33.0 Å². The predicted octanol–water partition coefficient (Wildman–Crippen LogP) is 9.36. The van der Waals surface area contributed by atoms with Crippen LogP contribution in [-0.4, -0.2) is 58.8 Å². The van der Waals surface area contributed by atoms with Crippen molar-refractivity contribution in [2.45, 2.75) is 90.2 Å². The fourth-order valence-corrected chi connectivity index (χ4v) is 12.9. The maximum atomic E-state index is 7.54. The summed E-state index contributed by atoms with van der Waals surface area (Å²) in [6.45, 7) is 12.6. The zero-order valence-corrected chi connectivity index (χ0v) is 35.7. The second-order valence-corrected chi connectivity index (χ2v) is 20.4. The van der Waals surface area contributed by atoms with Crippen molar-refractivity contribution in [3.8, 4) is 0 Å². The first-order valence-corrected chi connectivity index (χ1v) is 22.9. The molecule has 57 heavy (non-hydrogen) atoms. The van der Waals surface area contributed by atoms with Gasteiger partial charge in [0.25, 0.3) is 8.32 Å². The highest BCUT2D eigenvalue weighted by Crippen LogP contribution is 2.45. The van der Waals surface area contributed by atoms with Crippen molar-refractivity contribution in [1.29, 1.82) is 0 Å². The summed E-state index contributed by atoms with van der Waals surface area (Å²) in [6.07, 6.45) is -3.59. The highest BCUT2D eigenvalue weighted by molar-refractivity contribution is 7.41. The van der Waals surface area contributed by atoms with Gasteiger partial charge < -0.3 is 32.4 Å². The van der Waals surface area contributed by atoms with E-state index in [0.717, 1.165) is 16.7 Å². The average Bonchev–Trinajstić information content (AvgIpc) is 3.24. The molecule has 1 heterocycles. The summed E-state index contributed by atoms with van der Waals surface area (Å²) in [6, 6.07) is 51.6.